The lowest BCUT2D eigenvalue weighted by Crippen LogP contribution is -2.39. The number of hydrogen-bond acceptors (Lipinski definition) is 3. The summed E-state index contributed by atoms with van der Waals surface area (Å²) in [6.07, 6.45) is 0. The number of ether oxygens (including phenoxy) is 1. The third kappa shape index (κ3) is 4.07. The molecule has 0 aliphatic heterocycles. The van der Waals surface area contributed by atoms with Crippen LogP contribution in [0.15, 0.2) is 24.3 Å². The van der Waals surface area contributed by atoms with E-state index in [1.165, 1.54) is 5.56 Å². The highest BCUT2D eigenvalue weighted by molar-refractivity contribution is 5.73. The average molecular weight is 237 g/mol. The van der Waals surface area contributed by atoms with E-state index in [9.17, 15) is 4.79 Å². The van der Waals surface area contributed by atoms with Gasteiger partial charge < -0.3 is 15.2 Å². The van der Waals surface area contributed by atoms with Gasteiger partial charge >= 0.3 is 5.97 Å². The molecule has 1 aromatic carbocycles. The topological polar surface area (TPSA) is 58.6 Å². The molecule has 0 spiro atoms. The minimum atomic E-state index is -0.911. The van der Waals surface area contributed by atoms with Crippen molar-refractivity contribution in [2.24, 2.45) is 0 Å². The number of carboxylic acids is 1. The third-order valence-corrected chi connectivity index (χ3v) is 2.61. The summed E-state index contributed by atoms with van der Waals surface area (Å²) in [4.78, 5) is 10.8. The maximum atomic E-state index is 10.8. The van der Waals surface area contributed by atoms with E-state index in [0.29, 0.717) is 11.7 Å². The average Bonchev–Trinajstić information content (AvgIpc) is 2.30. The van der Waals surface area contributed by atoms with E-state index in [2.05, 4.69) is 19.2 Å². The van der Waals surface area contributed by atoms with E-state index in [1.807, 2.05) is 24.3 Å². The van der Waals surface area contributed by atoms with Crippen molar-refractivity contribution in [1.29, 1.82) is 0 Å². The zero-order chi connectivity index (χ0) is 12.8. The molecule has 0 saturated carbocycles. The first-order valence-corrected chi connectivity index (χ1v) is 5.67. The van der Waals surface area contributed by atoms with Crippen LogP contribution in [0, 0.1) is 0 Å². The molecule has 0 fully saturated rings. The summed E-state index contributed by atoms with van der Waals surface area (Å²) in [5, 5.41) is 11.5. The van der Waals surface area contributed by atoms with Crippen molar-refractivity contribution in [3.8, 4) is 5.75 Å². The van der Waals surface area contributed by atoms with Crippen LogP contribution in [0.4, 0.5) is 0 Å². The smallest absolute Gasteiger partial charge is 0.324 e. The number of carboxylic acid groups (broad SMARTS) is 1. The summed E-state index contributed by atoms with van der Waals surface area (Å²) in [6, 6.07) is 7.04. The van der Waals surface area contributed by atoms with Gasteiger partial charge in [-0.2, -0.15) is 0 Å². The van der Waals surface area contributed by atoms with Crippen molar-refractivity contribution in [3.63, 3.8) is 0 Å². The van der Waals surface area contributed by atoms with Crippen molar-refractivity contribution in [2.75, 3.05) is 13.7 Å². The molecule has 1 rings (SSSR count). The van der Waals surface area contributed by atoms with Gasteiger partial charge in [0.2, 0.25) is 0 Å². The molecule has 0 aliphatic carbocycles. The molecule has 0 heterocycles. The van der Waals surface area contributed by atoms with Crippen molar-refractivity contribution >= 4 is 5.97 Å². The van der Waals surface area contributed by atoms with Gasteiger partial charge in [-0.05, 0) is 30.7 Å². The van der Waals surface area contributed by atoms with Crippen LogP contribution in [-0.2, 0) is 4.79 Å². The zero-order valence-electron chi connectivity index (χ0n) is 10.4. The summed E-state index contributed by atoms with van der Waals surface area (Å²) in [7, 11) is 1.60. The Morgan fingerprint density at radius 2 is 1.94 bits per heavy atom. The van der Waals surface area contributed by atoms with Crippen molar-refractivity contribution in [2.45, 2.75) is 25.8 Å². The predicted octanol–water partition coefficient (Wildman–Crippen LogP) is 1.86. The molecule has 1 unspecified atom stereocenters. The highest BCUT2D eigenvalue weighted by Crippen LogP contribution is 2.18. The second-order valence-electron chi connectivity index (χ2n) is 4.21. The lowest BCUT2D eigenvalue weighted by Gasteiger charge is -2.13. The van der Waals surface area contributed by atoms with Gasteiger partial charge in [-0.15, -0.1) is 0 Å². The van der Waals surface area contributed by atoms with Crippen LogP contribution in [0.25, 0.3) is 0 Å². The van der Waals surface area contributed by atoms with Crippen LogP contribution >= 0.6 is 0 Å². The van der Waals surface area contributed by atoms with Gasteiger partial charge in [0.15, 0.2) is 0 Å². The fourth-order valence-electron chi connectivity index (χ4n) is 1.41. The standard InChI is InChI=1S/C13H19NO3/c1-9(2)10-4-6-11(7-5-10)17-8-12(14-3)13(15)16/h4-7,9,12,14H,8H2,1-3H3,(H,15,16). The van der Waals surface area contributed by atoms with E-state index in [0.717, 1.165) is 0 Å². The zero-order valence-corrected chi connectivity index (χ0v) is 10.4. The van der Waals surface area contributed by atoms with Gasteiger partial charge in [0.1, 0.15) is 18.4 Å². The molecule has 0 aromatic heterocycles. The third-order valence-electron chi connectivity index (χ3n) is 2.61. The molecule has 0 amide bonds. The van der Waals surface area contributed by atoms with Crippen LogP contribution in [0.3, 0.4) is 0 Å². The number of hydrogen-bond donors (Lipinski definition) is 2. The minimum absolute atomic E-state index is 0.118. The Bertz CT molecular complexity index is 359. The van der Waals surface area contributed by atoms with Crippen molar-refractivity contribution in [1.82, 2.24) is 5.32 Å². The highest BCUT2D eigenvalue weighted by Gasteiger charge is 2.15. The normalized spacial score (nSPS) is 12.5. The van der Waals surface area contributed by atoms with Gasteiger partial charge in [-0.25, -0.2) is 0 Å². The maximum absolute atomic E-state index is 10.8. The Labute approximate surface area is 102 Å². The molecule has 17 heavy (non-hydrogen) atoms. The molecule has 1 aromatic rings. The first-order valence-electron chi connectivity index (χ1n) is 5.67. The Morgan fingerprint density at radius 1 is 1.35 bits per heavy atom. The Balaban J connectivity index is 2.55. The summed E-state index contributed by atoms with van der Waals surface area (Å²) in [5.41, 5.74) is 1.24. The number of rotatable bonds is 6. The lowest BCUT2D eigenvalue weighted by atomic mass is 10.0. The van der Waals surface area contributed by atoms with E-state index < -0.39 is 12.0 Å². The summed E-state index contributed by atoms with van der Waals surface area (Å²) in [5.74, 6) is 0.260. The molecule has 4 heteroatoms. The van der Waals surface area contributed by atoms with Crippen LogP contribution in [-0.4, -0.2) is 30.8 Å². The molecule has 0 radical (unpaired) electrons. The second-order valence-corrected chi connectivity index (χ2v) is 4.21. The Morgan fingerprint density at radius 3 is 2.35 bits per heavy atom. The first kappa shape index (κ1) is 13.5. The molecule has 0 bridgehead atoms. The highest BCUT2D eigenvalue weighted by atomic mass is 16.5. The van der Waals surface area contributed by atoms with Crippen molar-refractivity contribution in [3.05, 3.63) is 29.8 Å². The molecule has 4 nitrogen and oxygen atoms in total. The van der Waals surface area contributed by atoms with Crippen LogP contribution in [0.2, 0.25) is 0 Å². The fourth-order valence-corrected chi connectivity index (χ4v) is 1.41. The molecule has 94 valence electrons. The number of aliphatic carboxylic acids is 1. The Hall–Kier alpha value is -1.55. The van der Waals surface area contributed by atoms with Gasteiger partial charge in [-0.1, -0.05) is 26.0 Å². The quantitative estimate of drug-likeness (QED) is 0.793. The van der Waals surface area contributed by atoms with E-state index >= 15 is 0 Å². The maximum Gasteiger partial charge on any atom is 0.324 e. The lowest BCUT2D eigenvalue weighted by molar-refractivity contribution is -0.140. The number of carbonyl (C=O) groups is 1. The van der Waals surface area contributed by atoms with Gasteiger partial charge in [-0.3, -0.25) is 4.79 Å². The number of nitrogens with one attached hydrogen (secondary N) is 1. The predicted molar refractivity (Wildman–Crippen MR) is 66.5 cm³/mol. The Kier molecular flexibility index (Phi) is 4.97. The molecule has 2 N–H and O–H groups in total. The van der Waals surface area contributed by atoms with E-state index in [4.69, 9.17) is 9.84 Å². The van der Waals surface area contributed by atoms with E-state index in [1.54, 1.807) is 7.05 Å². The van der Waals surface area contributed by atoms with Crippen LogP contribution in [0.1, 0.15) is 25.3 Å². The number of benzene rings is 1. The van der Waals surface area contributed by atoms with Gasteiger partial charge in [0.05, 0.1) is 0 Å². The monoisotopic (exact) mass is 237 g/mol. The molecular weight excluding hydrogens is 218 g/mol. The van der Waals surface area contributed by atoms with Crippen molar-refractivity contribution < 1.29 is 14.6 Å². The largest absolute Gasteiger partial charge is 0.491 e. The molecule has 0 aliphatic rings. The summed E-state index contributed by atoms with van der Waals surface area (Å²) < 4.78 is 5.41. The fraction of sp³-hybridized carbons (Fsp3) is 0.462. The molecule has 0 saturated heterocycles. The SMILES string of the molecule is CNC(COc1ccc(C(C)C)cc1)C(=O)O. The first-order chi connectivity index (χ1) is 8.04. The second kappa shape index (κ2) is 6.25. The molecular formula is C13H19NO3. The summed E-state index contributed by atoms with van der Waals surface area (Å²) in [6.45, 7) is 4.36. The number of likely N-dealkylation sites (N-methyl/N-ethyl adjacent to an activating group) is 1. The van der Waals surface area contributed by atoms with Crippen LogP contribution in [0.5, 0.6) is 5.75 Å². The van der Waals surface area contributed by atoms with Crippen LogP contribution < -0.4 is 10.1 Å². The summed E-state index contributed by atoms with van der Waals surface area (Å²) >= 11 is 0. The molecule has 1 atom stereocenters. The minimum Gasteiger partial charge on any atom is -0.491 e. The van der Waals surface area contributed by atoms with Gasteiger partial charge in [0, 0.05) is 0 Å². The van der Waals surface area contributed by atoms with E-state index in [-0.39, 0.29) is 6.61 Å². The van der Waals surface area contributed by atoms with Gasteiger partial charge in [0.25, 0.3) is 0 Å².